The monoisotopic (exact) mass is 505 g/mol. The van der Waals surface area contributed by atoms with Crippen LogP contribution in [0.25, 0.3) is 0 Å². The van der Waals surface area contributed by atoms with E-state index in [0.717, 1.165) is 0 Å². The molecule has 198 valence electrons. The zero-order valence-corrected chi connectivity index (χ0v) is 19.4. The van der Waals surface area contributed by atoms with E-state index in [4.69, 9.17) is 9.84 Å². The Morgan fingerprint density at radius 3 is 1.65 bits per heavy atom. The van der Waals surface area contributed by atoms with Gasteiger partial charge in [-0.3, -0.25) is 9.59 Å². The molecule has 0 fully saturated rings. The maximum absolute atomic E-state index is 12.7. The van der Waals surface area contributed by atoms with E-state index in [1.807, 2.05) is 0 Å². The summed E-state index contributed by atoms with van der Waals surface area (Å²) < 4.78 is 62.4. The van der Waals surface area contributed by atoms with Gasteiger partial charge in [-0.05, 0) is 33.1 Å². The van der Waals surface area contributed by atoms with Crippen molar-refractivity contribution in [2.45, 2.75) is 78.0 Å². The van der Waals surface area contributed by atoms with Gasteiger partial charge < -0.3 is 35.3 Å². The number of carbonyl (C=O) groups excluding carboxylic acids is 3. The maximum Gasteiger partial charge on any atom is 0.408 e. The molecule has 15 heteroatoms. The van der Waals surface area contributed by atoms with E-state index < -0.39 is 74.0 Å². The lowest BCUT2D eigenvalue weighted by Gasteiger charge is -2.26. The SMILES string of the molecule is CC(C)C[C@H](NC(=O)OC(C)(C)C)C(=O)N[C@@H](COC(F)F)C(=O)N[C@@H](COC(F)F)C(=O)O. The van der Waals surface area contributed by atoms with Crippen LogP contribution in [0.1, 0.15) is 41.0 Å². The summed E-state index contributed by atoms with van der Waals surface area (Å²) in [6, 6.07) is -5.09. The first-order valence-corrected chi connectivity index (χ1v) is 10.1. The molecule has 0 unspecified atom stereocenters. The van der Waals surface area contributed by atoms with Crippen molar-refractivity contribution in [2.75, 3.05) is 13.2 Å². The highest BCUT2D eigenvalue weighted by molar-refractivity contribution is 5.93. The number of alkyl halides is 4. The van der Waals surface area contributed by atoms with Crippen molar-refractivity contribution in [3.8, 4) is 0 Å². The molecule has 0 bridgehead atoms. The normalized spacial score (nSPS) is 14.5. The third-order valence-electron chi connectivity index (χ3n) is 3.74. The Hall–Kier alpha value is -2.68. The number of alkyl carbamates (subject to hydrolysis) is 1. The zero-order chi connectivity index (χ0) is 26.6. The molecule has 0 aromatic rings. The van der Waals surface area contributed by atoms with Crippen molar-refractivity contribution in [1.82, 2.24) is 16.0 Å². The van der Waals surface area contributed by atoms with Crippen LogP contribution < -0.4 is 16.0 Å². The second-order valence-electron chi connectivity index (χ2n) is 8.48. The summed E-state index contributed by atoms with van der Waals surface area (Å²) in [4.78, 5) is 48.4. The Morgan fingerprint density at radius 2 is 1.24 bits per heavy atom. The van der Waals surface area contributed by atoms with Gasteiger partial charge in [-0.1, -0.05) is 13.8 Å². The number of ether oxygens (including phenoxy) is 3. The molecule has 4 N–H and O–H groups in total. The summed E-state index contributed by atoms with van der Waals surface area (Å²) >= 11 is 0. The van der Waals surface area contributed by atoms with Gasteiger partial charge in [0.2, 0.25) is 11.8 Å². The van der Waals surface area contributed by atoms with Crippen molar-refractivity contribution in [3.63, 3.8) is 0 Å². The predicted octanol–water partition coefficient (Wildman–Crippen LogP) is 1.46. The van der Waals surface area contributed by atoms with Crippen LogP contribution in [0, 0.1) is 5.92 Å². The number of rotatable bonds is 14. The number of halogens is 4. The molecule has 0 aliphatic heterocycles. The largest absolute Gasteiger partial charge is 0.480 e. The summed E-state index contributed by atoms with van der Waals surface area (Å²) in [7, 11) is 0. The highest BCUT2D eigenvalue weighted by Crippen LogP contribution is 2.10. The molecule has 34 heavy (non-hydrogen) atoms. The topological polar surface area (TPSA) is 152 Å². The van der Waals surface area contributed by atoms with Gasteiger partial charge in [-0.2, -0.15) is 17.6 Å². The summed E-state index contributed by atoms with van der Waals surface area (Å²) in [6.45, 7) is -0.677. The molecule has 0 heterocycles. The maximum atomic E-state index is 12.7. The highest BCUT2D eigenvalue weighted by atomic mass is 19.3. The molecular weight excluding hydrogens is 474 g/mol. The van der Waals surface area contributed by atoms with Gasteiger partial charge in [0, 0.05) is 0 Å². The van der Waals surface area contributed by atoms with Gasteiger partial charge in [0.05, 0.1) is 13.2 Å². The fraction of sp³-hybridized carbons (Fsp3) is 0.789. The highest BCUT2D eigenvalue weighted by Gasteiger charge is 2.32. The molecule has 0 saturated heterocycles. The molecule has 0 aliphatic carbocycles. The van der Waals surface area contributed by atoms with Gasteiger partial charge in [-0.15, -0.1) is 0 Å². The number of aliphatic carboxylic acids is 1. The first-order chi connectivity index (χ1) is 15.5. The zero-order valence-electron chi connectivity index (χ0n) is 19.4. The van der Waals surface area contributed by atoms with E-state index in [1.54, 1.807) is 39.9 Å². The van der Waals surface area contributed by atoms with Gasteiger partial charge in [0.1, 0.15) is 17.7 Å². The van der Waals surface area contributed by atoms with Gasteiger partial charge >= 0.3 is 25.3 Å². The van der Waals surface area contributed by atoms with Crippen molar-refractivity contribution in [3.05, 3.63) is 0 Å². The fourth-order valence-electron chi connectivity index (χ4n) is 2.39. The molecule has 0 spiro atoms. The standard InChI is InChI=1S/C19H31F4N3O8/c1-9(2)6-10(26-18(31)34-19(3,4)5)13(27)24-11(7-32-16(20)21)14(28)25-12(15(29)30)8-33-17(22)23/h9-12,16-17H,6-8H2,1-5H3,(H,24,27)(H,25,28)(H,26,31)(H,29,30)/t10-,11-,12-/m0/s1. The molecular formula is C19H31F4N3O8. The molecule has 3 amide bonds. The lowest BCUT2D eigenvalue weighted by molar-refractivity contribution is -0.159. The van der Waals surface area contributed by atoms with Crippen molar-refractivity contribution in [1.29, 1.82) is 0 Å². The Morgan fingerprint density at radius 1 is 0.794 bits per heavy atom. The minimum Gasteiger partial charge on any atom is -0.480 e. The van der Waals surface area contributed by atoms with Crippen LogP contribution in [0.2, 0.25) is 0 Å². The van der Waals surface area contributed by atoms with Crippen LogP contribution in [0.15, 0.2) is 0 Å². The minimum absolute atomic E-state index is 0.0646. The Labute approximate surface area is 193 Å². The molecule has 0 saturated carbocycles. The van der Waals surface area contributed by atoms with E-state index in [9.17, 15) is 36.7 Å². The van der Waals surface area contributed by atoms with Crippen LogP contribution >= 0.6 is 0 Å². The summed E-state index contributed by atoms with van der Waals surface area (Å²) in [6.07, 6.45) is -0.886. The van der Waals surface area contributed by atoms with E-state index in [-0.39, 0.29) is 12.3 Å². The number of carboxylic acids is 1. The molecule has 0 aromatic heterocycles. The summed E-state index contributed by atoms with van der Waals surface area (Å²) in [5.41, 5.74) is -0.886. The van der Waals surface area contributed by atoms with E-state index >= 15 is 0 Å². The molecule has 0 rings (SSSR count). The molecule has 11 nitrogen and oxygen atoms in total. The van der Waals surface area contributed by atoms with E-state index in [0.29, 0.717) is 0 Å². The van der Waals surface area contributed by atoms with Crippen molar-refractivity contribution >= 4 is 23.9 Å². The first-order valence-electron chi connectivity index (χ1n) is 10.1. The Bertz CT molecular complexity index is 689. The second kappa shape index (κ2) is 14.6. The number of carbonyl (C=O) groups is 4. The number of carboxylic acid groups (broad SMARTS) is 1. The van der Waals surface area contributed by atoms with Gasteiger partial charge in [0.25, 0.3) is 0 Å². The Kier molecular flexibility index (Phi) is 13.4. The fourth-order valence-corrected chi connectivity index (χ4v) is 2.39. The van der Waals surface area contributed by atoms with E-state index in [2.05, 4.69) is 20.1 Å². The van der Waals surface area contributed by atoms with Crippen LogP contribution in [0.3, 0.4) is 0 Å². The number of hydrogen-bond acceptors (Lipinski definition) is 7. The van der Waals surface area contributed by atoms with Crippen LogP contribution in [-0.4, -0.2) is 79.1 Å². The number of nitrogens with one attached hydrogen (secondary N) is 3. The average molecular weight is 505 g/mol. The van der Waals surface area contributed by atoms with Gasteiger partial charge in [0.15, 0.2) is 6.04 Å². The molecule has 0 radical (unpaired) electrons. The molecule has 0 aromatic carbocycles. The van der Waals surface area contributed by atoms with Crippen LogP contribution in [0.5, 0.6) is 0 Å². The van der Waals surface area contributed by atoms with Crippen molar-refractivity contribution in [2.24, 2.45) is 5.92 Å². The minimum atomic E-state index is -3.34. The van der Waals surface area contributed by atoms with Gasteiger partial charge in [-0.25, -0.2) is 9.59 Å². The summed E-state index contributed by atoms with van der Waals surface area (Å²) in [5.74, 6) is -4.19. The predicted molar refractivity (Wildman–Crippen MR) is 108 cm³/mol. The third kappa shape index (κ3) is 14.5. The summed E-state index contributed by atoms with van der Waals surface area (Å²) in [5, 5.41) is 15.3. The third-order valence-corrected chi connectivity index (χ3v) is 3.74. The van der Waals surface area contributed by atoms with Crippen LogP contribution in [-0.2, 0) is 28.6 Å². The quantitative estimate of drug-likeness (QED) is 0.259. The smallest absolute Gasteiger partial charge is 0.408 e. The van der Waals surface area contributed by atoms with Crippen molar-refractivity contribution < 1.29 is 56.1 Å². The van der Waals surface area contributed by atoms with E-state index in [1.165, 1.54) is 0 Å². The molecule has 0 aliphatic rings. The van der Waals surface area contributed by atoms with Crippen LogP contribution in [0.4, 0.5) is 22.4 Å². The number of hydrogen-bond donors (Lipinski definition) is 4. The Balaban J connectivity index is 5.51. The average Bonchev–Trinajstić information content (AvgIpc) is 2.64. The first kappa shape index (κ1) is 31.3. The second-order valence-corrected chi connectivity index (χ2v) is 8.48. The lowest BCUT2D eigenvalue weighted by atomic mass is 10.0. The number of amides is 3. The molecule has 3 atom stereocenters. The lowest BCUT2D eigenvalue weighted by Crippen LogP contribution is -2.58.